The molecule has 1 amide bonds. The Hall–Kier alpha value is -1.57. The average molecular weight is 369 g/mol. The molecule has 0 aliphatic carbocycles. The maximum absolute atomic E-state index is 10.9. The lowest BCUT2D eigenvalue weighted by atomic mass is 10.3. The summed E-state index contributed by atoms with van der Waals surface area (Å²) in [7, 11) is 1.62. The molecule has 1 fully saturated rings. The predicted octanol–water partition coefficient (Wildman–Crippen LogP) is 2.22. The van der Waals surface area contributed by atoms with E-state index in [1.54, 1.807) is 25.4 Å². The second kappa shape index (κ2) is 7.55. The Kier molecular flexibility index (Phi) is 5.43. The Morgan fingerprint density at radius 2 is 2.12 bits per heavy atom. The zero-order valence-corrected chi connectivity index (χ0v) is 15.4. The summed E-state index contributed by atoms with van der Waals surface area (Å²) >= 11 is 7.84. The molecule has 24 heavy (non-hydrogen) atoms. The number of methoxy groups -OCH3 is 1. The number of thiazole rings is 1. The van der Waals surface area contributed by atoms with Gasteiger partial charge in [-0.1, -0.05) is 22.9 Å². The molecule has 1 aliphatic heterocycles. The quantitative estimate of drug-likeness (QED) is 0.876. The number of nitrogens with zero attached hydrogens (tertiary/aromatic N) is 3. The lowest BCUT2D eigenvalue weighted by molar-refractivity contribution is -0.119. The van der Waals surface area contributed by atoms with Gasteiger partial charge in [0, 0.05) is 46.2 Å². The van der Waals surface area contributed by atoms with Gasteiger partial charge < -0.3 is 15.0 Å². The Labute approximate surface area is 150 Å². The second-order valence-corrected chi connectivity index (χ2v) is 7.15. The van der Waals surface area contributed by atoms with Gasteiger partial charge in [0.25, 0.3) is 0 Å². The number of halogens is 1. The van der Waals surface area contributed by atoms with Crippen molar-refractivity contribution < 1.29 is 9.53 Å². The first-order chi connectivity index (χ1) is 11.6. The molecule has 3 rings (SSSR count). The number of ether oxygens (including phenoxy) is 1. The highest BCUT2D eigenvalue weighted by Gasteiger charge is 2.21. The number of hydrogen-bond acceptors (Lipinski definition) is 6. The fraction of sp³-hybridized carbons (Fsp3) is 0.500. The van der Waals surface area contributed by atoms with Crippen LogP contribution < -0.4 is 15.0 Å². The van der Waals surface area contributed by atoms with Crippen LogP contribution in [0.4, 0.5) is 5.13 Å². The summed E-state index contributed by atoms with van der Waals surface area (Å²) in [5.74, 6) is 0.668. The molecule has 0 radical (unpaired) electrons. The molecule has 0 bridgehead atoms. The molecule has 1 aromatic heterocycles. The standard InChI is InChI=1S/C16H21ClN4O2S/c1-11(22)18-5-6-20-7-9-21(10-8-20)16-19-14-13(24-16)4-3-12(17)15(14)23-2/h3-4H,5-10H2,1-2H3,(H,18,22). The lowest BCUT2D eigenvalue weighted by Crippen LogP contribution is -2.48. The number of amides is 1. The monoisotopic (exact) mass is 368 g/mol. The Morgan fingerprint density at radius 3 is 2.79 bits per heavy atom. The summed E-state index contributed by atoms with van der Waals surface area (Å²) in [6, 6.07) is 3.84. The van der Waals surface area contributed by atoms with Gasteiger partial charge >= 0.3 is 0 Å². The number of anilines is 1. The van der Waals surface area contributed by atoms with Crippen molar-refractivity contribution in [3.05, 3.63) is 17.2 Å². The largest absolute Gasteiger partial charge is 0.493 e. The van der Waals surface area contributed by atoms with E-state index in [9.17, 15) is 4.79 Å². The van der Waals surface area contributed by atoms with Gasteiger partial charge in [0.05, 0.1) is 16.8 Å². The van der Waals surface area contributed by atoms with E-state index in [1.165, 1.54) is 0 Å². The number of carbonyl (C=O) groups is 1. The van der Waals surface area contributed by atoms with Crippen LogP contribution in [0.5, 0.6) is 5.75 Å². The number of aromatic nitrogens is 1. The van der Waals surface area contributed by atoms with Crippen molar-refractivity contribution in [2.75, 3.05) is 51.3 Å². The third-order valence-corrected chi connectivity index (χ3v) is 5.48. The van der Waals surface area contributed by atoms with Crippen molar-refractivity contribution in [1.29, 1.82) is 0 Å². The van der Waals surface area contributed by atoms with Crippen LogP contribution in [0.3, 0.4) is 0 Å². The number of piperazine rings is 1. The molecule has 8 heteroatoms. The van der Waals surface area contributed by atoms with E-state index in [-0.39, 0.29) is 5.91 Å². The predicted molar refractivity (Wildman–Crippen MR) is 98.5 cm³/mol. The average Bonchev–Trinajstić information content (AvgIpc) is 2.99. The van der Waals surface area contributed by atoms with E-state index in [2.05, 4.69) is 15.1 Å². The van der Waals surface area contributed by atoms with Crippen LogP contribution in [0.1, 0.15) is 6.92 Å². The maximum Gasteiger partial charge on any atom is 0.216 e. The van der Waals surface area contributed by atoms with Gasteiger partial charge in [-0.05, 0) is 12.1 Å². The normalized spacial score (nSPS) is 15.7. The molecule has 1 aliphatic rings. The summed E-state index contributed by atoms with van der Waals surface area (Å²) in [5, 5.41) is 4.43. The first-order valence-electron chi connectivity index (χ1n) is 7.93. The van der Waals surface area contributed by atoms with Gasteiger partial charge in [0.2, 0.25) is 5.91 Å². The Balaban J connectivity index is 1.64. The van der Waals surface area contributed by atoms with Crippen LogP contribution in [-0.2, 0) is 4.79 Å². The van der Waals surface area contributed by atoms with E-state index in [0.717, 1.165) is 48.1 Å². The second-order valence-electron chi connectivity index (χ2n) is 5.74. The first kappa shape index (κ1) is 17.3. The highest BCUT2D eigenvalue weighted by atomic mass is 35.5. The van der Waals surface area contributed by atoms with E-state index in [0.29, 0.717) is 17.3 Å². The van der Waals surface area contributed by atoms with E-state index in [4.69, 9.17) is 21.3 Å². The van der Waals surface area contributed by atoms with Crippen LogP contribution in [0.2, 0.25) is 5.02 Å². The molecule has 1 N–H and O–H groups in total. The van der Waals surface area contributed by atoms with Crippen molar-refractivity contribution in [3.63, 3.8) is 0 Å². The van der Waals surface area contributed by atoms with Crippen LogP contribution >= 0.6 is 22.9 Å². The Morgan fingerprint density at radius 1 is 1.38 bits per heavy atom. The lowest BCUT2D eigenvalue weighted by Gasteiger charge is -2.34. The van der Waals surface area contributed by atoms with Crippen molar-refractivity contribution in [2.45, 2.75) is 6.92 Å². The van der Waals surface area contributed by atoms with Gasteiger partial charge in [-0.3, -0.25) is 9.69 Å². The third-order valence-electron chi connectivity index (χ3n) is 4.10. The number of fused-ring (bicyclic) bond motifs is 1. The molecular formula is C16H21ClN4O2S. The van der Waals surface area contributed by atoms with Crippen molar-refractivity contribution in [1.82, 2.24) is 15.2 Å². The number of rotatable bonds is 5. The summed E-state index contributed by atoms with van der Waals surface area (Å²) in [6.07, 6.45) is 0. The van der Waals surface area contributed by atoms with E-state index in [1.807, 2.05) is 12.1 Å². The topological polar surface area (TPSA) is 57.7 Å². The van der Waals surface area contributed by atoms with Crippen LogP contribution in [0, 0.1) is 0 Å². The molecule has 2 heterocycles. The minimum Gasteiger partial charge on any atom is -0.493 e. The number of carbonyl (C=O) groups excluding carboxylic acids is 1. The van der Waals surface area contributed by atoms with Gasteiger partial charge in [-0.15, -0.1) is 0 Å². The van der Waals surface area contributed by atoms with Crippen molar-refractivity contribution in [3.8, 4) is 5.75 Å². The Bertz CT molecular complexity index is 728. The SMILES string of the molecule is COc1c(Cl)ccc2sc(N3CCN(CCNC(C)=O)CC3)nc12. The number of hydrogen-bond donors (Lipinski definition) is 1. The number of nitrogens with one attached hydrogen (secondary N) is 1. The molecule has 0 saturated carbocycles. The first-order valence-corrected chi connectivity index (χ1v) is 9.12. The molecular weight excluding hydrogens is 348 g/mol. The van der Waals surface area contributed by atoms with Crippen molar-refractivity contribution >= 4 is 44.2 Å². The van der Waals surface area contributed by atoms with Gasteiger partial charge in [0.15, 0.2) is 10.9 Å². The molecule has 0 unspecified atom stereocenters. The molecule has 1 aromatic carbocycles. The van der Waals surface area contributed by atoms with E-state index < -0.39 is 0 Å². The summed E-state index contributed by atoms with van der Waals surface area (Å²) < 4.78 is 6.47. The molecule has 2 aromatic rings. The molecule has 130 valence electrons. The van der Waals surface area contributed by atoms with Gasteiger partial charge in [-0.2, -0.15) is 0 Å². The maximum atomic E-state index is 10.9. The molecule has 1 saturated heterocycles. The molecule has 0 spiro atoms. The van der Waals surface area contributed by atoms with E-state index >= 15 is 0 Å². The van der Waals surface area contributed by atoms with Gasteiger partial charge in [-0.25, -0.2) is 4.98 Å². The fourth-order valence-corrected chi connectivity index (χ4v) is 4.06. The zero-order chi connectivity index (χ0) is 17.1. The summed E-state index contributed by atoms with van der Waals surface area (Å²) in [5.41, 5.74) is 0.832. The van der Waals surface area contributed by atoms with Crippen LogP contribution in [0.25, 0.3) is 10.2 Å². The highest BCUT2D eigenvalue weighted by molar-refractivity contribution is 7.22. The smallest absolute Gasteiger partial charge is 0.216 e. The minimum absolute atomic E-state index is 0.0238. The van der Waals surface area contributed by atoms with Crippen LogP contribution in [-0.4, -0.2) is 62.2 Å². The summed E-state index contributed by atoms with van der Waals surface area (Å²) in [6.45, 7) is 6.92. The molecule has 6 nitrogen and oxygen atoms in total. The minimum atomic E-state index is 0.0238. The van der Waals surface area contributed by atoms with Gasteiger partial charge in [0.1, 0.15) is 5.52 Å². The highest BCUT2D eigenvalue weighted by Crippen LogP contribution is 2.38. The fourth-order valence-electron chi connectivity index (χ4n) is 2.82. The van der Waals surface area contributed by atoms with Crippen molar-refractivity contribution in [2.24, 2.45) is 0 Å². The van der Waals surface area contributed by atoms with Crippen LogP contribution in [0.15, 0.2) is 12.1 Å². The zero-order valence-electron chi connectivity index (χ0n) is 13.8. The third kappa shape index (κ3) is 3.74. The summed E-state index contributed by atoms with van der Waals surface area (Å²) in [4.78, 5) is 20.3. The molecule has 0 atom stereocenters. The number of benzene rings is 1.